The highest BCUT2D eigenvalue weighted by molar-refractivity contribution is 6.01. The van der Waals surface area contributed by atoms with E-state index >= 15 is 0 Å². The van der Waals surface area contributed by atoms with Gasteiger partial charge in [-0.15, -0.1) is 6.58 Å². The van der Waals surface area contributed by atoms with Crippen LogP contribution in [0.4, 0.5) is 4.79 Å². The second kappa shape index (κ2) is 9.73. The van der Waals surface area contributed by atoms with Crippen molar-refractivity contribution in [3.05, 3.63) is 89.6 Å². The van der Waals surface area contributed by atoms with Crippen molar-refractivity contribution < 1.29 is 19.1 Å². The minimum Gasteiger partial charge on any atom is -0.489 e. The van der Waals surface area contributed by atoms with Crippen LogP contribution in [0.5, 0.6) is 5.75 Å². The van der Waals surface area contributed by atoms with E-state index in [4.69, 9.17) is 9.47 Å². The number of ether oxygens (including phenoxy) is 2. The topological polar surface area (TPSA) is 71.1 Å². The number of hydrogen-bond donors (Lipinski definition) is 1. The summed E-state index contributed by atoms with van der Waals surface area (Å²) in [5, 5.41) is 3.03. The Bertz CT molecular complexity index is 1110. The number of amides is 3. The van der Waals surface area contributed by atoms with Crippen molar-refractivity contribution in [1.29, 1.82) is 0 Å². The lowest BCUT2D eigenvalue weighted by Gasteiger charge is -2.33. The summed E-state index contributed by atoms with van der Waals surface area (Å²) in [4.78, 5) is 30.0. The summed E-state index contributed by atoms with van der Waals surface area (Å²) in [7, 11) is 0. The first-order chi connectivity index (χ1) is 16.6. The largest absolute Gasteiger partial charge is 0.489 e. The van der Waals surface area contributed by atoms with E-state index in [1.165, 1.54) is 0 Å². The van der Waals surface area contributed by atoms with Crippen LogP contribution in [-0.2, 0) is 16.1 Å². The molecule has 2 aromatic carbocycles. The Morgan fingerprint density at radius 1 is 1.15 bits per heavy atom. The molecular weight excluding hydrogens is 430 g/mol. The molecule has 7 nitrogen and oxygen atoms in total. The number of urea groups is 1. The van der Waals surface area contributed by atoms with E-state index in [0.717, 1.165) is 36.3 Å². The molecule has 3 heterocycles. The molecule has 3 aliphatic heterocycles. The number of nitrogens with zero attached hydrogens (tertiary/aromatic N) is 2. The lowest BCUT2D eigenvalue weighted by Crippen LogP contribution is -2.47. The zero-order valence-electron chi connectivity index (χ0n) is 19.1. The summed E-state index contributed by atoms with van der Waals surface area (Å²) < 4.78 is 11.8. The van der Waals surface area contributed by atoms with Crippen molar-refractivity contribution >= 4 is 11.9 Å². The molecule has 0 saturated carbocycles. The average molecular weight is 460 g/mol. The zero-order chi connectivity index (χ0) is 23.5. The van der Waals surface area contributed by atoms with Crippen LogP contribution < -0.4 is 10.1 Å². The van der Waals surface area contributed by atoms with Gasteiger partial charge in [-0.05, 0) is 36.1 Å². The molecule has 34 heavy (non-hydrogen) atoms. The van der Waals surface area contributed by atoms with E-state index in [1.54, 1.807) is 15.9 Å². The second-order valence-corrected chi connectivity index (χ2v) is 8.81. The lowest BCUT2D eigenvalue weighted by atomic mass is 9.95. The molecule has 2 atom stereocenters. The maximum atomic E-state index is 13.5. The smallest absolute Gasteiger partial charge is 0.322 e. The zero-order valence-corrected chi connectivity index (χ0v) is 19.1. The fraction of sp³-hybridized carbons (Fsp3) is 0.333. The van der Waals surface area contributed by atoms with Crippen LogP contribution in [0, 0.1) is 0 Å². The molecular formula is C27H29N3O4. The fourth-order valence-corrected chi connectivity index (χ4v) is 4.83. The van der Waals surface area contributed by atoms with Gasteiger partial charge in [-0.1, -0.05) is 48.5 Å². The van der Waals surface area contributed by atoms with Gasteiger partial charge in [0.15, 0.2) is 0 Å². The molecule has 3 amide bonds. The monoisotopic (exact) mass is 459 g/mol. The average Bonchev–Trinajstić information content (AvgIpc) is 3.49. The molecule has 0 aromatic heterocycles. The predicted octanol–water partition coefficient (Wildman–Crippen LogP) is 3.79. The Morgan fingerprint density at radius 2 is 2.00 bits per heavy atom. The molecule has 1 N–H and O–H groups in total. The van der Waals surface area contributed by atoms with Crippen molar-refractivity contribution in [2.45, 2.75) is 31.6 Å². The molecule has 0 bridgehead atoms. The Labute approximate surface area is 199 Å². The number of rotatable bonds is 8. The summed E-state index contributed by atoms with van der Waals surface area (Å²) in [6, 6.07) is 16.8. The van der Waals surface area contributed by atoms with Crippen LogP contribution in [0.15, 0.2) is 78.5 Å². The molecule has 1 saturated heterocycles. The molecule has 0 aliphatic carbocycles. The minimum absolute atomic E-state index is 0.0509. The van der Waals surface area contributed by atoms with Gasteiger partial charge in [0.05, 0.1) is 30.0 Å². The Balaban J connectivity index is 1.41. The van der Waals surface area contributed by atoms with E-state index in [2.05, 4.69) is 11.9 Å². The second-order valence-electron chi connectivity index (χ2n) is 8.81. The standard InChI is InChI=1S/C27H29N3O4/c1-2-13-30-23-17-29(16-22-12-7-14-33-22)26(31)24(23)25(28-27(30)32)20-10-6-11-21(15-20)34-18-19-8-4-3-5-9-19/h2-6,8-11,15,22,25H,1,7,12-14,16-18H2,(H,28,32). The fourth-order valence-electron chi connectivity index (χ4n) is 4.83. The molecule has 0 radical (unpaired) electrons. The van der Waals surface area contributed by atoms with Gasteiger partial charge < -0.3 is 19.7 Å². The van der Waals surface area contributed by atoms with Crippen molar-refractivity contribution in [2.75, 3.05) is 26.2 Å². The van der Waals surface area contributed by atoms with E-state index in [1.807, 2.05) is 54.6 Å². The summed E-state index contributed by atoms with van der Waals surface area (Å²) in [6.07, 6.45) is 3.69. The van der Waals surface area contributed by atoms with E-state index < -0.39 is 6.04 Å². The third-order valence-electron chi connectivity index (χ3n) is 6.50. The van der Waals surface area contributed by atoms with Gasteiger partial charge in [-0.3, -0.25) is 9.69 Å². The van der Waals surface area contributed by atoms with Crippen LogP contribution >= 0.6 is 0 Å². The summed E-state index contributed by atoms with van der Waals surface area (Å²) in [5.74, 6) is 0.633. The van der Waals surface area contributed by atoms with E-state index in [9.17, 15) is 9.59 Å². The molecule has 3 aliphatic rings. The van der Waals surface area contributed by atoms with Crippen molar-refractivity contribution in [2.24, 2.45) is 0 Å². The maximum absolute atomic E-state index is 13.5. The van der Waals surface area contributed by atoms with Gasteiger partial charge in [0, 0.05) is 19.7 Å². The number of hydrogen-bond acceptors (Lipinski definition) is 4. The van der Waals surface area contributed by atoms with Crippen LogP contribution in [0.3, 0.4) is 0 Å². The third kappa shape index (κ3) is 4.43. The molecule has 0 spiro atoms. The van der Waals surface area contributed by atoms with Crippen LogP contribution in [-0.4, -0.2) is 54.1 Å². The predicted molar refractivity (Wildman–Crippen MR) is 128 cm³/mol. The van der Waals surface area contributed by atoms with Crippen LogP contribution in [0.1, 0.15) is 30.0 Å². The van der Waals surface area contributed by atoms with Gasteiger partial charge in [0.1, 0.15) is 12.4 Å². The van der Waals surface area contributed by atoms with Gasteiger partial charge in [0.2, 0.25) is 0 Å². The van der Waals surface area contributed by atoms with Crippen molar-refractivity contribution in [1.82, 2.24) is 15.1 Å². The van der Waals surface area contributed by atoms with Gasteiger partial charge in [0.25, 0.3) is 5.91 Å². The Hall–Kier alpha value is -3.58. The highest BCUT2D eigenvalue weighted by Crippen LogP contribution is 2.37. The van der Waals surface area contributed by atoms with Crippen LogP contribution in [0.2, 0.25) is 0 Å². The van der Waals surface area contributed by atoms with E-state index in [0.29, 0.717) is 37.6 Å². The molecule has 176 valence electrons. The molecule has 7 heteroatoms. The maximum Gasteiger partial charge on any atom is 0.322 e. The van der Waals surface area contributed by atoms with Crippen molar-refractivity contribution in [3.63, 3.8) is 0 Å². The summed E-state index contributed by atoms with van der Waals surface area (Å²) >= 11 is 0. The van der Waals surface area contributed by atoms with Gasteiger partial charge in [-0.2, -0.15) is 0 Å². The highest BCUT2D eigenvalue weighted by atomic mass is 16.5. The first-order valence-corrected chi connectivity index (χ1v) is 11.7. The quantitative estimate of drug-likeness (QED) is 0.610. The SMILES string of the molecule is C=CCN1C(=O)NC(c2cccc(OCc3ccccc3)c2)C2=C1CN(CC1CCCO1)C2=O. The first kappa shape index (κ1) is 22.2. The lowest BCUT2D eigenvalue weighted by molar-refractivity contribution is -0.127. The number of carbonyl (C=O) groups is 2. The molecule has 1 fully saturated rings. The van der Waals surface area contributed by atoms with Crippen molar-refractivity contribution in [3.8, 4) is 5.75 Å². The van der Waals surface area contributed by atoms with Crippen LogP contribution in [0.25, 0.3) is 0 Å². The summed E-state index contributed by atoms with van der Waals surface area (Å²) in [6.45, 7) is 6.24. The Kier molecular flexibility index (Phi) is 6.36. The van der Waals surface area contributed by atoms with Gasteiger partial charge >= 0.3 is 6.03 Å². The summed E-state index contributed by atoms with van der Waals surface area (Å²) in [5.41, 5.74) is 3.24. The molecule has 2 aromatic rings. The van der Waals surface area contributed by atoms with E-state index in [-0.39, 0.29) is 18.0 Å². The molecule has 2 unspecified atom stereocenters. The molecule has 5 rings (SSSR count). The minimum atomic E-state index is -0.536. The first-order valence-electron chi connectivity index (χ1n) is 11.7. The number of carbonyl (C=O) groups excluding carboxylic acids is 2. The van der Waals surface area contributed by atoms with Gasteiger partial charge in [-0.25, -0.2) is 4.79 Å². The highest BCUT2D eigenvalue weighted by Gasteiger charge is 2.44. The Morgan fingerprint density at radius 3 is 2.76 bits per heavy atom. The number of benzene rings is 2. The number of nitrogens with one attached hydrogen (secondary N) is 1. The normalized spacial score (nSPS) is 22.1. The third-order valence-corrected chi connectivity index (χ3v) is 6.50.